The maximum absolute atomic E-state index is 12.9. The number of anilines is 1. The first-order valence-corrected chi connectivity index (χ1v) is 12.3. The summed E-state index contributed by atoms with van der Waals surface area (Å²) in [4.78, 5) is 9.16. The number of rotatable bonds is 5. The van der Waals surface area contributed by atoms with Crippen molar-refractivity contribution in [2.24, 2.45) is 0 Å². The van der Waals surface area contributed by atoms with Gasteiger partial charge in [-0.1, -0.05) is 0 Å². The number of hydrogen-bond acceptors (Lipinski definition) is 7. The smallest absolute Gasteiger partial charge is 0.244 e. The molecule has 0 aromatic carbocycles. The maximum Gasteiger partial charge on any atom is 0.244 e. The number of nitrogens with zero attached hydrogens (tertiary/aromatic N) is 7. The summed E-state index contributed by atoms with van der Waals surface area (Å²) in [6.07, 6.45) is 7.87. The minimum absolute atomic E-state index is 0.281. The normalized spacial score (nSPS) is 22.5. The van der Waals surface area contributed by atoms with Gasteiger partial charge in [-0.05, 0) is 44.9 Å². The predicted octanol–water partition coefficient (Wildman–Crippen LogP) is 1.33. The number of hydrogen-bond donors (Lipinski definition) is 0. The van der Waals surface area contributed by atoms with E-state index in [1.165, 1.54) is 19.0 Å². The SMILES string of the molecule is CN1CCN(S(=O)(=O)c2ccc(N3CCC(c4nncn4C4CC4)CC3)nc2)CC1. The molecule has 3 aliphatic rings. The molecule has 3 fully saturated rings. The Balaban J connectivity index is 1.23. The maximum atomic E-state index is 12.9. The van der Waals surface area contributed by atoms with Crippen molar-refractivity contribution in [2.75, 3.05) is 51.2 Å². The van der Waals surface area contributed by atoms with Crippen LogP contribution in [0.15, 0.2) is 29.6 Å². The van der Waals surface area contributed by atoms with Crippen LogP contribution in [0.5, 0.6) is 0 Å². The molecular weight excluding hydrogens is 402 g/mol. The van der Waals surface area contributed by atoms with Crippen molar-refractivity contribution in [1.82, 2.24) is 29.0 Å². The molecule has 2 aromatic rings. The van der Waals surface area contributed by atoms with E-state index in [0.717, 1.165) is 50.7 Å². The molecule has 1 aliphatic carbocycles. The third-order valence-electron chi connectivity index (χ3n) is 6.55. The number of pyridine rings is 1. The van der Waals surface area contributed by atoms with Crippen molar-refractivity contribution in [2.45, 2.75) is 42.5 Å². The molecule has 9 nitrogen and oxygen atoms in total. The van der Waals surface area contributed by atoms with Crippen LogP contribution in [-0.4, -0.2) is 83.7 Å². The Hall–Kier alpha value is -2.04. The van der Waals surface area contributed by atoms with Crippen molar-refractivity contribution in [1.29, 1.82) is 0 Å². The Morgan fingerprint density at radius 2 is 1.70 bits per heavy atom. The second kappa shape index (κ2) is 7.90. The summed E-state index contributed by atoms with van der Waals surface area (Å²) in [5, 5.41) is 8.53. The fourth-order valence-electron chi connectivity index (χ4n) is 4.43. The summed E-state index contributed by atoms with van der Waals surface area (Å²) in [5.41, 5.74) is 0. The Kier molecular flexibility index (Phi) is 5.24. The van der Waals surface area contributed by atoms with E-state index < -0.39 is 10.0 Å². The van der Waals surface area contributed by atoms with E-state index in [1.807, 2.05) is 19.4 Å². The van der Waals surface area contributed by atoms with Gasteiger partial charge in [-0.25, -0.2) is 13.4 Å². The standard InChI is InChI=1S/C20H29N7O2S/c1-24-10-12-26(13-11-24)30(28,29)18-4-5-19(21-14-18)25-8-6-16(7-9-25)20-23-22-15-27(20)17-2-3-17/h4-5,14-17H,2-3,6-13H2,1H3. The van der Waals surface area contributed by atoms with E-state index in [2.05, 4.69) is 29.5 Å². The number of likely N-dealkylation sites (N-methyl/N-ethyl adjacent to an activating group) is 1. The van der Waals surface area contributed by atoms with E-state index in [1.54, 1.807) is 10.4 Å². The van der Waals surface area contributed by atoms with Crippen LogP contribution in [0.25, 0.3) is 0 Å². The van der Waals surface area contributed by atoms with Crippen molar-refractivity contribution in [3.8, 4) is 0 Å². The predicted molar refractivity (Wildman–Crippen MR) is 113 cm³/mol. The molecule has 1 saturated carbocycles. The Morgan fingerprint density at radius 1 is 0.967 bits per heavy atom. The van der Waals surface area contributed by atoms with Crippen molar-refractivity contribution < 1.29 is 8.42 Å². The molecule has 4 heterocycles. The minimum atomic E-state index is -3.47. The summed E-state index contributed by atoms with van der Waals surface area (Å²) >= 11 is 0. The molecule has 0 N–H and O–H groups in total. The van der Waals surface area contributed by atoms with E-state index in [4.69, 9.17) is 0 Å². The first kappa shape index (κ1) is 19.9. The molecule has 2 aromatic heterocycles. The lowest BCUT2D eigenvalue weighted by Crippen LogP contribution is -2.47. The minimum Gasteiger partial charge on any atom is -0.357 e. The number of piperidine rings is 1. The van der Waals surface area contributed by atoms with Gasteiger partial charge in [0.15, 0.2) is 0 Å². The molecule has 0 bridgehead atoms. The van der Waals surface area contributed by atoms with E-state index in [-0.39, 0.29) is 4.90 Å². The lowest BCUT2D eigenvalue weighted by molar-refractivity contribution is 0.222. The molecule has 0 amide bonds. The number of aromatic nitrogens is 4. The Labute approximate surface area is 177 Å². The van der Waals surface area contributed by atoms with Crippen LogP contribution < -0.4 is 4.90 Å². The van der Waals surface area contributed by atoms with Gasteiger partial charge in [-0.3, -0.25) is 0 Å². The zero-order valence-electron chi connectivity index (χ0n) is 17.4. The highest BCUT2D eigenvalue weighted by Gasteiger charge is 2.32. The average Bonchev–Trinajstić information content (AvgIpc) is 3.50. The van der Waals surface area contributed by atoms with Crippen LogP contribution in [0.4, 0.5) is 5.82 Å². The van der Waals surface area contributed by atoms with Gasteiger partial charge in [0.05, 0.1) is 0 Å². The van der Waals surface area contributed by atoms with Gasteiger partial charge in [0, 0.05) is 57.4 Å². The van der Waals surface area contributed by atoms with Gasteiger partial charge in [0.25, 0.3) is 0 Å². The molecule has 0 radical (unpaired) electrons. The van der Waals surface area contributed by atoms with Gasteiger partial charge < -0.3 is 14.4 Å². The second-order valence-corrected chi connectivity index (χ2v) is 10.6. The fraction of sp³-hybridized carbons (Fsp3) is 0.650. The topological polar surface area (TPSA) is 87.5 Å². The first-order valence-electron chi connectivity index (χ1n) is 10.8. The average molecular weight is 432 g/mol. The van der Waals surface area contributed by atoms with Crippen molar-refractivity contribution >= 4 is 15.8 Å². The Bertz CT molecular complexity index is 971. The van der Waals surface area contributed by atoms with E-state index in [0.29, 0.717) is 25.0 Å². The summed E-state index contributed by atoms with van der Waals surface area (Å²) in [7, 11) is -1.46. The zero-order valence-corrected chi connectivity index (χ0v) is 18.2. The zero-order chi connectivity index (χ0) is 20.7. The van der Waals surface area contributed by atoms with Crippen LogP contribution in [0.2, 0.25) is 0 Å². The second-order valence-electron chi connectivity index (χ2n) is 8.65. The fourth-order valence-corrected chi connectivity index (χ4v) is 5.80. The third-order valence-corrected chi connectivity index (χ3v) is 8.43. The third kappa shape index (κ3) is 3.83. The quantitative estimate of drug-likeness (QED) is 0.706. The molecule has 2 saturated heterocycles. The van der Waals surface area contributed by atoms with Gasteiger partial charge in [0.2, 0.25) is 10.0 Å². The van der Waals surface area contributed by atoms with Crippen LogP contribution in [-0.2, 0) is 10.0 Å². The summed E-state index contributed by atoms with van der Waals surface area (Å²) in [6.45, 7) is 4.35. The highest BCUT2D eigenvalue weighted by molar-refractivity contribution is 7.89. The van der Waals surface area contributed by atoms with Crippen LogP contribution in [0.1, 0.15) is 43.5 Å². The monoisotopic (exact) mass is 431 g/mol. The number of sulfonamides is 1. The molecule has 10 heteroatoms. The van der Waals surface area contributed by atoms with Crippen LogP contribution in [0.3, 0.4) is 0 Å². The first-order chi connectivity index (χ1) is 14.5. The van der Waals surface area contributed by atoms with Gasteiger partial charge >= 0.3 is 0 Å². The molecule has 0 unspecified atom stereocenters. The lowest BCUT2D eigenvalue weighted by Gasteiger charge is -2.33. The molecular formula is C20H29N7O2S. The number of piperazine rings is 1. The van der Waals surface area contributed by atoms with E-state index in [9.17, 15) is 8.42 Å². The molecule has 0 atom stereocenters. The Morgan fingerprint density at radius 3 is 2.33 bits per heavy atom. The molecule has 2 aliphatic heterocycles. The molecule has 5 rings (SSSR count). The summed E-state index contributed by atoms with van der Waals surface area (Å²) in [5.74, 6) is 2.40. The van der Waals surface area contributed by atoms with Gasteiger partial charge in [0.1, 0.15) is 22.9 Å². The molecule has 162 valence electrons. The largest absolute Gasteiger partial charge is 0.357 e. The highest BCUT2D eigenvalue weighted by Crippen LogP contribution is 2.38. The van der Waals surface area contributed by atoms with Crippen LogP contribution >= 0.6 is 0 Å². The van der Waals surface area contributed by atoms with Gasteiger partial charge in [-0.2, -0.15) is 4.31 Å². The molecule has 0 spiro atoms. The van der Waals surface area contributed by atoms with E-state index >= 15 is 0 Å². The highest BCUT2D eigenvalue weighted by atomic mass is 32.2. The molecule has 30 heavy (non-hydrogen) atoms. The van der Waals surface area contributed by atoms with Crippen LogP contribution in [0, 0.1) is 0 Å². The van der Waals surface area contributed by atoms with Crippen molar-refractivity contribution in [3.63, 3.8) is 0 Å². The van der Waals surface area contributed by atoms with Crippen molar-refractivity contribution in [3.05, 3.63) is 30.5 Å². The summed E-state index contributed by atoms with van der Waals surface area (Å²) < 4.78 is 29.6. The van der Waals surface area contributed by atoms with Gasteiger partial charge in [-0.15, -0.1) is 10.2 Å². The lowest BCUT2D eigenvalue weighted by atomic mass is 9.96. The summed E-state index contributed by atoms with van der Waals surface area (Å²) in [6, 6.07) is 4.14.